The molecule has 1 atom stereocenters. The lowest BCUT2D eigenvalue weighted by atomic mass is 9.86. The van der Waals surface area contributed by atoms with Crippen molar-refractivity contribution in [1.82, 2.24) is 5.32 Å². The van der Waals surface area contributed by atoms with Crippen LogP contribution in [0.5, 0.6) is 0 Å². The molecule has 3 N–H and O–H groups in total. The number of nitrogens with one attached hydrogen (secondary N) is 1. The van der Waals surface area contributed by atoms with Crippen molar-refractivity contribution >= 4 is 5.91 Å². The van der Waals surface area contributed by atoms with Gasteiger partial charge >= 0.3 is 0 Å². The first-order valence-corrected chi connectivity index (χ1v) is 7.64. The number of benzene rings is 1. The number of nitrogens with two attached hydrogens (primary N) is 1. The van der Waals surface area contributed by atoms with Crippen molar-refractivity contribution in [2.24, 2.45) is 11.1 Å². The normalized spacial score (nSPS) is 13.9. The standard InChI is InChI=1S/C18H30N2O/c1-17(2,3)14-9-7-13(8-10-14)11-12-20-16(21)15(19)18(4,5)6/h7-10,15H,11-12,19H2,1-6H3,(H,20,21)/t15-/m1/s1. The zero-order chi connectivity index (χ0) is 16.3. The molecule has 0 unspecified atom stereocenters. The molecule has 118 valence electrons. The minimum atomic E-state index is -0.472. The van der Waals surface area contributed by atoms with Gasteiger partial charge in [0.25, 0.3) is 0 Å². The van der Waals surface area contributed by atoms with Gasteiger partial charge in [0.2, 0.25) is 5.91 Å². The highest BCUT2D eigenvalue weighted by Gasteiger charge is 2.26. The van der Waals surface area contributed by atoms with Crippen molar-refractivity contribution in [1.29, 1.82) is 0 Å². The first-order chi connectivity index (χ1) is 9.51. The molecular weight excluding hydrogens is 260 g/mol. The van der Waals surface area contributed by atoms with Gasteiger partial charge in [0.15, 0.2) is 0 Å². The molecule has 0 saturated heterocycles. The summed E-state index contributed by atoms with van der Waals surface area (Å²) in [5, 5.41) is 2.92. The summed E-state index contributed by atoms with van der Waals surface area (Å²) in [6, 6.07) is 8.13. The molecule has 0 aromatic heterocycles. The van der Waals surface area contributed by atoms with Gasteiger partial charge in [0.1, 0.15) is 0 Å². The number of rotatable bonds is 4. The summed E-state index contributed by atoms with van der Waals surface area (Å²) in [4.78, 5) is 11.9. The summed E-state index contributed by atoms with van der Waals surface area (Å²) in [6.45, 7) is 13.2. The Balaban J connectivity index is 2.48. The van der Waals surface area contributed by atoms with Crippen molar-refractivity contribution in [2.75, 3.05) is 6.54 Å². The second kappa shape index (κ2) is 6.61. The van der Waals surface area contributed by atoms with E-state index in [2.05, 4.69) is 50.4 Å². The Morgan fingerprint density at radius 1 is 1.10 bits per heavy atom. The van der Waals surface area contributed by atoms with E-state index in [1.165, 1.54) is 11.1 Å². The average molecular weight is 290 g/mol. The van der Waals surface area contributed by atoms with E-state index in [-0.39, 0.29) is 16.7 Å². The molecule has 0 fully saturated rings. The third kappa shape index (κ3) is 5.50. The molecule has 0 aliphatic carbocycles. The lowest BCUT2D eigenvalue weighted by Crippen LogP contribution is -2.48. The second-order valence-electron chi connectivity index (χ2n) is 7.83. The van der Waals surface area contributed by atoms with Crippen molar-refractivity contribution < 1.29 is 4.79 Å². The van der Waals surface area contributed by atoms with E-state index in [1.807, 2.05) is 20.8 Å². The Morgan fingerprint density at radius 3 is 2.05 bits per heavy atom. The van der Waals surface area contributed by atoms with Crippen molar-refractivity contribution in [3.8, 4) is 0 Å². The highest BCUT2D eigenvalue weighted by molar-refractivity contribution is 5.82. The smallest absolute Gasteiger partial charge is 0.237 e. The van der Waals surface area contributed by atoms with Gasteiger partial charge in [-0.1, -0.05) is 65.8 Å². The van der Waals surface area contributed by atoms with Crippen LogP contribution < -0.4 is 11.1 Å². The molecule has 1 rings (SSSR count). The molecule has 0 heterocycles. The molecule has 0 aliphatic rings. The molecule has 3 heteroatoms. The van der Waals surface area contributed by atoms with Crippen LogP contribution in [0.3, 0.4) is 0 Å². The third-order valence-electron chi connectivity index (χ3n) is 3.75. The monoisotopic (exact) mass is 290 g/mol. The van der Waals surface area contributed by atoms with Crippen LogP contribution in [0.4, 0.5) is 0 Å². The van der Waals surface area contributed by atoms with Gasteiger partial charge in [-0.15, -0.1) is 0 Å². The maximum absolute atomic E-state index is 11.9. The van der Waals surface area contributed by atoms with Crippen LogP contribution in [0, 0.1) is 5.41 Å². The molecule has 3 nitrogen and oxygen atoms in total. The van der Waals surface area contributed by atoms with E-state index in [0.717, 1.165) is 6.42 Å². The maximum Gasteiger partial charge on any atom is 0.237 e. The fraction of sp³-hybridized carbons (Fsp3) is 0.611. The van der Waals surface area contributed by atoms with Gasteiger partial charge in [0.05, 0.1) is 6.04 Å². The quantitative estimate of drug-likeness (QED) is 0.895. The lowest BCUT2D eigenvalue weighted by Gasteiger charge is -2.25. The number of carbonyl (C=O) groups is 1. The molecule has 0 spiro atoms. The van der Waals surface area contributed by atoms with E-state index in [0.29, 0.717) is 6.54 Å². The fourth-order valence-corrected chi connectivity index (χ4v) is 2.00. The minimum absolute atomic E-state index is 0.0752. The van der Waals surface area contributed by atoms with Crippen LogP contribution in [0.1, 0.15) is 52.7 Å². The van der Waals surface area contributed by atoms with E-state index >= 15 is 0 Å². The Bertz CT molecular complexity index is 463. The number of hydrogen-bond donors (Lipinski definition) is 2. The van der Waals surface area contributed by atoms with Crippen LogP contribution in [0.15, 0.2) is 24.3 Å². The molecule has 1 aromatic rings. The summed E-state index contributed by atoms with van der Waals surface area (Å²) in [5.74, 6) is -0.0752. The molecule has 0 bridgehead atoms. The first kappa shape index (κ1) is 17.7. The van der Waals surface area contributed by atoms with Crippen LogP contribution >= 0.6 is 0 Å². The predicted octanol–water partition coefficient (Wildman–Crippen LogP) is 3.02. The molecular formula is C18H30N2O. The maximum atomic E-state index is 11.9. The summed E-state index contributed by atoms with van der Waals surface area (Å²) in [5.41, 5.74) is 8.45. The Hall–Kier alpha value is -1.35. The van der Waals surface area contributed by atoms with E-state index in [4.69, 9.17) is 5.73 Å². The first-order valence-electron chi connectivity index (χ1n) is 7.64. The van der Waals surface area contributed by atoms with E-state index in [1.54, 1.807) is 0 Å². The predicted molar refractivity (Wildman–Crippen MR) is 89.3 cm³/mol. The van der Waals surface area contributed by atoms with Crippen molar-refractivity contribution in [3.05, 3.63) is 35.4 Å². The summed E-state index contributed by atoms with van der Waals surface area (Å²) in [6.07, 6.45) is 0.826. The summed E-state index contributed by atoms with van der Waals surface area (Å²) >= 11 is 0. The van der Waals surface area contributed by atoms with E-state index < -0.39 is 6.04 Å². The molecule has 0 saturated carbocycles. The third-order valence-corrected chi connectivity index (χ3v) is 3.75. The van der Waals surface area contributed by atoms with Gasteiger partial charge in [-0.25, -0.2) is 0 Å². The van der Waals surface area contributed by atoms with Gasteiger partial charge in [-0.05, 0) is 28.4 Å². The summed E-state index contributed by atoms with van der Waals surface area (Å²) < 4.78 is 0. The van der Waals surface area contributed by atoms with Gasteiger partial charge in [0, 0.05) is 6.54 Å². The fourth-order valence-electron chi connectivity index (χ4n) is 2.00. The highest BCUT2D eigenvalue weighted by atomic mass is 16.2. The van der Waals surface area contributed by atoms with Crippen LogP contribution in [0.2, 0.25) is 0 Å². The number of hydrogen-bond acceptors (Lipinski definition) is 2. The van der Waals surface area contributed by atoms with E-state index in [9.17, 15) is 4.79 Å². The number of carbonyl (C=O) groups excluding carboxylic acids is 1. The summed E-state index contributed by atoms with van der Waals surface area (Å²) in [7, 11) is 0. The zero-order valence-corrected chi connectivity index (χ0v) is 14.3. The molecule has 21 heavy (non-hydrogen) atoms. The molecule has 0 radical (unpaired) electrons. The Morgan fingerprint density at radius 2 is 1.62 bits per heavy atom. The van der Waals surface area contributed by atoms with Crippen LogP contribution in [-0.2, 0) is 16.6 Å². The Labute approximate surface area is 129 Å². The van der Waals surface area contributed by atoms with Crippen molar-refractivity contribution in [2.45, 2.75) is 59.4 Å². The molecule has 1 aromatic carbocycles. The highest BCUT2D eigenvalue weighted by Crippen LogP contribution is 2.22. The SMILES string of the molecule is CC(C)(C)c1ccc(CCNC(=O)[C@@H](N)C(C)(C)C)cc1. The van der Waals surface area contributed by atoms with Gasteiger partial charge < -0.3 is 11.1 Å². The van der Waals surface area contributed by atoms with Gasteiger partial charge in [-0.2, -0.15) is 0 Å². The molecule has 1 amide bonds. The van der Waals surface area contributed by atoms with Crippen LogP contribution in [-0.4, -0.2) is 18.5 Å². The van der Waals surface area contributed by atoms with Crippen LogP contribution in [0.25, 0.3) is 0 Å². The van der Waals surface area contributed by atoms with Gasteiger partial charge in [-0.3, -0.25) is 4.79 Å². The second-order valence-corrected chi connectivity index (χ2v) is 7.83. The minimum Gasteiger partial charge on any atom is -0.354 e. The largest absolute Gasteiger partial charge is 0.354 e. The Kier molecular flexibility index (Phi) is 5.57. The number of amides is 1. The molecule has 0 aliphatic heterocycles. The average Bonchev–Trinajstić information content (AvgIpc) is 2.36. The topological polar surface area (TPSA) is 55.1 Å². The lowest BCUT2D eigenvalue weighted by molar-refractivity contribution is -0.124. The van der Waals surface area contributed by atoms with Crippen molar-refractivity contribution in [3.63, 3.8) is 0 Å². The zero-order valence-electron chi connectivity index (χ0n) is 14.3.